The summed E-state index contributed by atoms with van der Waals surface area (Å²) in [6.07, 6.45) is 1.75. The second-order valence-electron chi connectivity index (χ2n) is 7.78. The molecule has 34 heavy (non-hydrogen) atoms. The highest BCUT2D eigenvalue weighted by molar-refractivity contribution is 5.98. The number of nitrogens with one attached hydrogen (secondary N) is 1. The lowest BCUT2D eigenvalue weighted by Gasteiger charge is -2.14. The van der Waals surface area contributed by atoms with Gasteiger partial charge in [0.2, 0.25) is 0 Å². The van der Waals surface area contributed by atoms with Gasteiger partial charge >= 0.3 is 0 Å². The van der Waals surface area contributed by atoms with Gasteiger partial charge in [-0.05, 0) is 35.9 Å². The Balaban J connectivity index is 1.56. The first-order chi connectivity index (χ1) is 16.6. The number of aromatic hydroxyl groups is 1. The highest BCUT2D eigenvalue weighted by Gasteiger charge is 2.20. The standard InChI is InChI=1S/C27H21N5O2/c28-26-25(27(34)30-16-17-8-11-21(33)12-9-17)31-24(23(32-26)18-5-2-1-3-6-18)20-10-13-22-19(15-20)7-4-14-29-22/h1-15,33H,16H2,(H2,28,32)(H,30,34). The van der Waals surface area contributed by atoms with Gasteiger partial charge in [0, 0.05) is 29.3 Å². The molecule has 1 amide bonds. The number of rotatable bonds is 5. The van der Waals surface area contributed by atoms with E-state index in [4.69, 9.17) is 10.7 Å². The van der Waals surface area contributed by atoms with Crippen LogP contribution in [0.5, 0.6) is 5.75 Å². The number of pyridine rings is 1. The van der Waals surface area contributed by atoms with Crippen molar-refractivity contribution in [3.05, 3.63) is 102 Å². The number of nitrogens with zero attached hydrogens (tertiary/aromatic N) is 3. The topological polar surface area (TPSA) is 114 Å². The molecule has 0 saturated carbocycles. The largest absolute Gasteiger partial charge is 0.508 e. The first kappa shape index (κ1) is 21.1. The number of nitrogen functional groups attached to an aromatic ring is 1. The molecule has 5 aromatic rings. The summed E-state index contributed by atoms with van der Waals surface area (Å²) < 4.78 is 0. The van der Waals surface area contributed by atoms with E-state index in [0.29, 0.717) is 11.4 Å². The summed E-state index contributed by atoms with van der Waals surface area (Å²) >= 11 is 0. The number of amides is 1. The van der Waals surface area contributed by atoms with E-state index in [0.717, 1.165) is 27.6 Å². The van der Waals surface area contributed by atoms with Gasteiger partial charge in [0.1, 0.15) is 5.75 Å². The van der Waals surface area contributed by atoms with E-state index < -0.39 is 5.91 Å². The number of phenols is 1. The van der Waals surface area contributed by atoms with Gasteiger partial charge < -0.3 is 16.2 Å². The SMILES string of the molecule is Nc1nc(-c2ccccc2)c(-c2ccc3ncccc3c2)nc1C(=O)NCc1ccc(O)cc1. The molecule has 4 N–H and O–H groups in total. The van der Waals surface area contributed by atoms with Crippen LogP contribution in [0.4, 0.5) is 5.82 Å². The number of aromatic nitrogens is 3. The summed E-state index contributed by atoms with van der Waals surface area (Å²) in [6, 6.07) is 25.9. The summed E-state index contributed by atoms with van der Waals surface area (Å²) in [7, 11) is 0. The number of carbonyl (C=O) groups excluding carboxylic acids is 1. The molecule has 0 bridgehead atoms. The number of hydrogen-bond donors (Lipinski definition) is 3. The van der Waals surface area contributed by atoms with E-state index in [1.165, 1.54) is 0 Å². The van der Waals surface area contributed by atoms with Crippen molar-refractivity contribution >= 4 is 22.6 Å². The average Bonchev–Trinajstić information content (AvgIpc) is 2.88. The van der Waals surface area contributed by atoms with Gasteiger partial charge in [-0.1, -0.05) is 54.6 Å². The maximum absolute atomic E-state index is 13.0. The Morgan fingerprint density at radius 3 is 2.41 bits per heavy atom. The van der Waals surface area contributed by atoms with Crippen molar-refractivity contribution in [2.24, 2.45) is 0 Å². The zero-order chi connectivity index (χ0) is 23.5. The molecule has 0 fully saturated rings. The normalized spacial score (nSPS) is 10.8. The third-order valence-electron chi connectivity index (χ3n) is 5.45. The second-order valence-corrected chi connectivity index (χ2v) is 7.78. The van der Waals surface area contributed by atoms with Crippen LogP contribution >= 0.6 is 0 Å². The Kier molecular flexibility index (Phi) is 5.58. The summed E-state index contributed by atoms with van der Waals surface area (Å²) in [5.74, 6) is -0.216. The van der Waals surface area contributed by atoms with Gasteiger partial charge in [-0.15, -0.1) is 0 Å². The molecule has 0 radical (unpaired) electrons. The van der Waals surface area contributed by atoms with Crippen molar-refractivity contribution in [1.29, 1.82) is 0 Å². The average molecular weight is 447 g/mol. The molecule has 2 aromatic heterocycles. The van der Waals surface area contributed by atoms with Gasteiger partial charge in [-0.25, -0.2) is 9.97 Å². The molecular weight excluding hydrogens is 426 g/mol. The van der Waals surface area contributed by atoms with Gasteiger partial charge in [0.05, 0.1) is 16.9 Å². The van der Waals surface area contributed by atoms with Crippen molar-refractivity contribution in [1.82, 2.24) is 20.3 Å². The van der Waals surface area contributed by atoms with Crippen LogP contribution in [0, 0.1) is 0 Å². The molecule has 0 atom stereocenters. The third kappa shape index (κ3) is 4.27. The van der Waals surface area contributed by atoms with E-state index in [9.17, 15) is 9.90 Å². The molecule has 7 nitrogen and oxygen atoms in total. The minimum absolute atomic E-state index is 0.0493. The maximum Gasteiger partial charge on any atom is 0.274 e. The fourth-order valence-corrected chi connectivity index (χ4v) is 3.72. The van der Waals surface area contributed by atoms with Gasteiger partial charge in [-0.2, -0.15) is 0 Å². The monoisotopic (exact) mass is 447 g/mol. The number of carbonyl (C=O) groups is 1. The smallest absolute Gasteiger partial charge is 0.274 e. The number of benzene rings is 3. The number of phenolic OH excluding ortho intramolecular Hbond substituents is 1. The second kappa shape index (κ2) is 8.99. The van der Waals surface area contributed by atoms with Crippen LogP contribution in [0.2, 0.25) is 0 Å². The highest BCUT2D eigenvalue weighted by atomic mass is 16.3. The van der Waals surface area contributed by atoms with E-state index in [2.05, 4.69) is 15.3 Å². The van der Waals surface area contributed by atoms with Crippen molar-refractivity contribution in [3.63, 3.8) is 0 Å². The summed E-state index contributed by atoms with van der Waals surface area (Å²) in [5.41, 5.74) is 10.8. The van der Waals surface area contributed by atoms with Gasteiger partial charge in [0.15, 0.2) is 11.5 Å². The summed E-state index contributed by atoms with van der Waals surface area (Å²) in [6.45, 7) is 0.262. The number of anilines is 1. The molecule has 7 heteroatoms. The number of fused-ring (bicyclic) bond motifs is 1. The Morgan fingerprint density at radius 2 is 1.62 bits per heavy atom. The molecule has 166 valence electrons. The quantitative estimate of drug-likeness (QED) is 0.363. The van der Waals surface area contributed by atoms with Crippen LogP contribution in [-0.4, -0.2) is 26.0 Å². The van der Waals surface area contributed by atoms with E-state index in [1.807, 2.05) is 60.7 Å². The maximum atomic E-state index is 13.0. The molecule has 0 aliphatic carbocycles. The van der Waals surface area contributed by atoms with Crippen LogP contribution in [0.1, 0.15) is 16.1 Å². The Hall–Kier alpha value is -4.78. The van der Waals surface area contributed by atoms with Crippen molar-refractivity contribution in [3.8, 4) is 28.3 Å². The third-order valence-corrected chi connectivity index (χ3v) is 5.45. The predicted molar refractivity (Wildman–Crippen MR) is 132 cm³/mol. The van der Waals surface area contributed by atoms with E-state index in [-0.39, 0.29) is 23.8 Å². The fourth-order valence-electron chi connectivity index (χ4n) is 3.72. The van der Waals surface area contributed by atoms with Crippen LogP contribution in [0.3, 0.4) is 0 Å². The molecule has 0 aliphatic rings. The van der Waals surface area contributed by atoms with Crippen LogP contribution in [0.25, 0.3) is 33.4 Å². The Bertz CT molecular complexity index is 1480. The number of hydrogen-bond acceptors (Lipinski definition) is 6. The molecule has 5 rings (SSSR count). The zero-order valence-corrected chi connectivity index (χ0v) is 18.1. The van der Waals surface area contributed by atoms with Crippen LogP contribution in [0.15, 0.2) is 91.1 Å². The van der Waals surface area contributed by atoms with Gasteiger partial charge in [0.25, 0.3) is 5.91 Å². The Labute approximate surface area is 196 Å². The van der Waals surface area contributed by atoms with Crippen molar-refractivity contribution in [2.75, 3.05) is 5.73 Å². The lowest BCUT2D eigenvalue weighted by atomic mass is 10.0. The molecule has 0 saturated heterocycles. The van der Waals surface area contributed by atoms with E-state index >= 15 is 0 Å². The first-order valence-corrected chi connectivity index (χ1v) is 10.7. The molecule has 0 spiro atoms. The zero-order valence-electron chi connectivity index (χ0n) is 18.1. The number of nitrogens with two attached hydrogens (primary N) is 1. The Morgan fingerprint density at radius 1 is 0.853 bits per heavy atom. The molecule has 2 heterocycles. The van der Waals surface area contributed by atoms with Crippen molar-refractivity contribution < 1.29 is 9.90 Å². The lowest BCUT2D eigenvalue weighted by Crippen LogP contribution is -2.25. The minimum Gasteiger partial charge on any atom is -0.508 e. The molecule has 3 aromatic carbocycles. The summed E-state index contributed by atoms with van der Waals surface area (Å²) in [5, 5.41) is 13.2. The van der Waals surface area contributed by atoms with Gasteiger partial charge in [-0.3, -0.25) is 9.78 Å². The van der Waals surface area contributed by atoms with E-state index in [1.54, 1.807) is 30.5 Å². The summed E-state index contributed by atoms with van der Waals surface area (Å²) in [4.78, 5) is 26.7. The van der Waals surface area contributed by atoms with Crippen LogP contribution in [-0.2, 0) is 6.54 Å². The fraction of sp³-hybridized carbons (Fsp3) is 0.0370. The minimum atomic E-state index is -0.429. The predicted octanol–water partition coefficient (Wildman–Crippen LogP) is 4.58. The molecule has 0 aliphatic heterocycles. The molecular formula is C27H21N5O2. The van der Waals surface area contributed by atoms with Crippen molar-refractivity contribution in [2.45, 2.75) is 6.54 Å². The highest BCUT2D eigenvalue weighted by Crippen LogP contribution is 2.32. The van der Waals surface area contributed by atoms with Crippen LogP contribution < -0.4 is 11.1 Å². The molecule has 0 unspecified atom stereocenters. The lowest BCUT2D eigenvalue weighted by molar-refractivity contribution is 0.0946. The first-order valence-electron chi connectivity index (χ1n) is 10.7.